The van der Waals surface area contributed by atoms with Gasteiger partial charge in [0.1, 0.15) is 0 Å². The SMILES string of the molecule is CSC(C)(C)CNS(=O)(=O)c1ccc2c(c1)CNC2. The Hall–Kier alpha value is -0.560. The van der Waals surface area contributed by atoms with Gasteiger partial charge in [-0.05, 0) is 43.4 Å². The Labute approximate surface area is 119 Å². The van der Waals surface area contributed by atoms with Crippen LogP contribution in [0.15, 0.2) is 23.1 Å². The number of thioether (sulfide) groups is 1. The summed E-state index contributed by atoms with van der Waals surface area (Å²) in [6.07, 6.45) is 1.98. The van der Waals surface area contributed by atoms with Crippen molar-refractivity contribution in [3.8, 4) is 0 Å². The molecule has 1 aliphatic rings. The van der Waals surface area contributed by atoms with Crippen LogP contribution < -0.4 is 10.0 Å². The van der Waals surface area contributed by atoms with Crippen LogP contribution in [0.5, 0.6) is 0 Å². The first kappa shape index (κ1) is 14.8. The van der Waals surface area contributed by atoms with Crippen molar-refractivity contribution in [1.82, 2.24) is 10.0 Å². The molecule has 0 bridgehead atoms. The molecule has 1 aromatic carbocycles. The van der Waals surface area contributed by atoms with Crippen LogP contribution in [0.2, 0.25) is 0 Å². The zero-order valence-electron chi connectivity index (χ0n) is 11.5. The van der Waals surface area contributed by atoms with Crippen LogP contribution >= 0.6 is 11.8 Å². The molecule has 19 heavy (non-hydrogen) atoms. The third kappa shape index (κ3) is 3.51. The number of fused-ring (bicyclic) bond motifs is 1. The zero-order valence-corrected chi connectivity index (χ0v) is 13.1. The average Bonchev–Trinajstić information content (AvgIpc) is 2.84. The van der Waals surface area contributed by atoms with Gasteiger partial charge in [0.05, 0.1) is 4.90 Å². The monoisotopic (exact) mass is 300 g/mol. The van der Waals surface area contributed by atoms with Gasteiger partial charge in [0, 0.05) is 24.4 Å². The molecular weight excluding hydrogens is 280 g/mol. The van der Waals surface area contributed by atoms with Crippen LogP contribution in [0.1, 0.15) is 25.0 Å². The molecular formula is C13H20N2O2S2. The molecule has 106 valence electrons. The van der Waals surface area contributed by atoms with E-state index in [1.807, 2.05) is 26.2 Å². The third-order valence-electron chi connectivity index (χ3n) is 3.36. The highest BCUT2D eigenvalue weighted by atomic mass is 32.2. The van der Waals surface area contributed by atoms with E-state index in [0.717, 1.165) is 18.7 Å². The highest BCUT2D eigenvalue weighted by molar-refractivity contribution is 8.00. The summed E-state index contributed by atoms with van der Waals surface area (Å²) in [5.74, 6) is 0. The maximum absolute atomic E-state index is 12.3. The smallest absolute Gasteiger partial charge is 0.240 e. The molecule has 0 fully saturated rings. The molecule has 0 unspecified atom stereocenters. The molecule has 0 aliphatic carbocycles. The summed E-state index contributed by atoms with van der Waals surface area (Å²) in [6, 6.07) is 5.34. The first-order chi connectivity index (χ1) is 8.84. The molecule has 0 amide bonds. The Morgan fingerprint density at radius 2 is 2.00 bits per heavy atom. The Balaban J connectivity index is 2.16. The number of nitrogens with one attached hydrogen (secondary N) is 2. The van der Waals surface area contributed by atoms with Gasteiger partial charge in [-0.3, -0.25) is 0 Å². The fourth-order valence-electron chi connectivity index (χ4n) is 1.86. The predicted molar refractivity (Wildman–Crippen MR) is 79.8 cm³/mol. The van der Waals surface area contributed by atoms with Crippen molar-refractivity contribution in [2.24, 2.45) is 0 Å². The van der Waals surface area contributed by atoms with Gasteiger partial charge in [0.15, 0.2) is 0 Å². The Morgan fingerprint density at radius 1 is 1.32 bits per heavy atom. The number of hydrogen-bond donors (Lipinski definition) is 2. The Morgan fingerprint density at radius 3 is 2.68 bits per heavy atom. The van der Waals surface area contributed by atoms with E-state index in [1.165, 1.54) is 5.56 Å². The fourth-order valence-corrected chi connectivity index (χ4v) is 3.43. The van der Waals surface area contributed by atoms with Gasteiger partial charge in [-0.25, -0.2) is 13.1 Å². The molecule has 2 N–H and O–H groups in total. The topological polar surface area (TPSA) is 58.2 Å². The number of rotatable bonds is 5. The number of sulfonamides is 1. The number of benzene rings is 1. The number of hydrogen-bond acceptors (Lipinski definition) is 4. The summed E-state index contributed by atoms with van der Waals surface area (Å²) in [6.45, 7) is 6.03. The summed E-state index contributed by atoms with van der Waals surface area (Å²) < 4.78 is 27.1. The van der Waals surface area contributed by atoms with Crippen LogP contribution in [0, 0.1) is 0 Å². The van der Waals surface area contributed by atoms with E-state index in [4.69, 9.17) is 0 Å². The summed E-state index contributed by atoms with van der Waals surface area (Å²) in [4.78, 5) is 0.354. The quantitative estimate of drug-likeness (QED) is 0.869. The Kier molecular flexibility index (Phi) is 4.25. The standard InChI is InChI=1S/C13H20N2O2S2/c1-13(2,18-3)9-15-19(16,17)12-5-4-10-7-14-8-11(10)6-12/h4-6,14-15H,7-9H2,1-3H3. The maximum atomic E-state index is 12.3. The lowest BCUT2D eigenvalue weighted by atomic mass is 10.1. The van der Waals surface area contributed by atoms with Crippen LogP contribution in [-0.2, 0) is 23.1 Å². The van der Waals surface area contributed by atoms with Gasteiger partial charge in [0.2, 0.25) is 10.0 Å². The minimum Gasteiger partial charge on any atom is -0.309 e. The molecule has 0 aromatic heterocycles. The lowest BCUT2D eigenvalue weighted by Crippen LogP contribution is -2.36. The summed E-state index contributed by atoms with van der Waals surface area (Å²) in [5, 5.41) is 3.21. The van der Waals surface area contributed by atoms with Crippen molar-refractivity contribution in [3.05, 3.63) is 29.3 Å². The molecule has 0 spiro atoms. The summed E-state index contributed by atoms with van der Waals surface area (Å²) >= 11 is 1.65. The normalized spacial score (nSPS) is 15.5. The zero-order chi connectivity index (χ0) is 14.1. The predicted octanol–water partition coefficient (Wildman–Crippen LogP) is 1.71. The minimum absolute atomic E-state index is 0.106. The van der Waals surface area contributed by atoms with Crippen LogP contribution in [0.4, 0.5) is 0 Å². The van der Waals surface area contributed by atoms with E-state index in [2.05, 4.69) is 10.0 Å². The van der Waals surface area contributed by atoms with Gasteiger partial charge >= 0.3 is 0 Å². The van der Waals surface area contributed by atoms with E-state index < -0.39 is 10.0 Å². The molecule has 1 aromatic rings. The molecule has 1 aliphatic heterocycles. The van der Waals surface area contributed by atoms with Crippen LogP contribution in [0.25, 0.3) is 0 Å². The molecule has 4 nitrogen and oxygen atoms in total. The van der Waals surface area contributed by atoms with E-state index in [-0.39, 0.29) is 4.75 Å². The third-order valence-corrected chi connectivity index (χ3v) is 6.01. The summed E-state index contributed by atoms with van der Waals surface area (Å²) in [7, 11) is -3.42. The van der Waals surface area contributed by atoms with Gasteiger partial charge < -0.3 is 5.32 Å². The first-order valence-electron chi connectivity index (χ1n) is 6.21. The van der Waals surface area contributed by atoms with E-state index in [0.29, 0.717) is 11.4 Å². The fraction of sp³-hybridized carbons (Fsp3) is 0.538. The average molecular weight is 300 g/mol. The van der Waals surface area contributed by atoms with Crippen LogP contribution in [-0.4, -0.2) is 26.0 Å². The molecule has 0 saturated heterocycles. The second-order valence-electron chi connectivity index (χ2n) is 5.32. The van der Waals surface area contributed by atoms with Crippen molar-refractivity contribution >= 4 is 21.8 Å². The van der Waals surface area contributed by atoms with Crippen molar-refractivity contribution in [1.29, 1.82) is 0 Å². The van der Waals surface area contributed by atoms with Crippen molar-refractivity contribution < 1.29 is 8.42 Å². The molecule has 0 atom stereocenters. The molecule has 0 saturated carbocycles. The Bertz CT molecular complexity index is 568. The lowest BCUT2D eigenvalue weighted by molar-refractivity contribution is 0.570. The van der Waals surface area contributed by atoms with Crippen molar-refractivity contribution in [3.63, 3.8) is 0 Å². The minimum atomic E-state index is -3.42. The molecule has 2 rings (SSSR count). The highest BCUT2D eigenvalue weighted by Gasteiger charge is 2.22. The van der Waals surface area contributed by atoms with Crippen molar-refractivity contribution in [2.45, 2.75) is 36.6 Å². The molecule has 0 radical (unpaired) electrons. The van der Waals surface area contributed by atoms with E-state index in [1.54, 1.807) is 23.9 Å². The lowest BCUT2D eigenvalue weighted by Gasteiger charge is -2.22. The van der Waals surface area contributed by atoms with Gasteiger partial charge in [0.25, 0.3) is 0 Å². The summed E-state index contributed by atoms with van der Waals surface area (Å²) in [5.41, 5.74) is 2.26. The first-order valence-corrected chi connectivity index (χ1v) is 8.92. The largest absolute Gasteiger partial charge is 0.309 e. The van der Waals surface area contributed by atoms with E-state index >= 15 is 0 Å². The van der Waals surface area contributed by atoms with Gasteiger partial charge in [-0.15, -0.1) is 0 Å². The van der Waals surface area contributed by atoms with E-state index in [9.17, 15) is 8.42 Å². The second-order valence-corrected chi connectivity index (χ2v) is 8.60. The second kappa shape index (κ2) is 5.44. The maximum Gasteiger partial charge on any atom is 0.240 e. The van der Waals surface area contributed by atoms with Gasteiger partial charge in [-0.2, -0.15) is 11.8 Å². The highest BCUT2D eigenvalue weighted by Crippen LogP contribution is 2.22. The molecule has 1 heterocycles. The van der Waals surface area contributed by atoms with Crippen LogP contribution in [0.3, 0.4) is 0 Å². The molecule has 6 heteroatoms. The van der Waals surface area contributed by atoms with Gasteiger partial charge in [-0.1, -0.05) is 6.07 Å². The van der Waals surface area contributed by atoms with Crippen molar-refractivity contribution in [2.75, 3.05) is 12.8 Å².